The van der Waals surface area contributed by atoms with Crippen LogP contribution in [0, 0.1) is 13.8 Å². The number of halogens is 1. The second-order valence-corrected chi connectivity index (χ2v) is 5.91. The van der Waals surface area contributed by atoms with Crippen LogP contribution >= 0.6 is 0 Å². The first-order valence-electron chi connectivity index (χ1n) is 7.81. The van der Waals surface area contributed by atoms with Gasteiger partial charge in [-0.15, -0.1) is 6.58 Å². The zero-order chi connectivity index (χ0) is 16.9. The Kier molecular flexibility index (Phi) is 5.52. The number of amides is 2. The van der Waals surface area contributed by atoms with Gasteiger partial charge in [-0.3, -0.25) is 0 Å². The molecule has 0 bridgehead atoms. The Labute approximate surface area is 136 Å². The van der Waals surface area contributed by atoms with E-state index in [0.717, 1.165) is 5.69 Å². The Hall–Kier alpha value is -2.18. The number of hydrogen-bond donors (Lipinski definition) is 2. The monoisotopic (exact) mass is 321 g/mol. The van der Waals surface area contributed by atoms with Crippen molar-refractivity contribution in [1.29, 1.82) is 0 Å². The van der Waals surface area contributed by atoms with Gasteiger partial charge in [-0.05, 0) is 13.8 Å². The Balaban J connectivity index is 1.85. The molecule has 2 N–H and O–H groups in total. The SMILES string of the molecule is C=CCNC(=O)N1CCC(F)(CNc2cc(C)nc(C)n2)CC1. The molecular formula is C16H24FN5O. The summed E-state index contributed by atoms with van der Waals surface area (Å²) >= 11 is 0. The first-order chi connectivity index (χ1) is 10.9. The number of nitrogens with zero attached hydrogens (tertiary/aromatic N) is 3. The van der Waals surface area contributed by atoms with Crippen LogP contribution < -0.4 is 10.6 Å². The third kappa shape index (κ3) is 4.91. The summed E-state index contributed by atoms with van der Waals surface area (Å²) < 4.78 is 14.9. The fraction of sp³-hybridized carbons (Fsp3) is 0.562. The van der Waals surface area contributed by atoms with E-state index in [2.05, 4.69) is 27.2 Å². The lowest BCUT2D eigenvalue weighted by Crippen LogP contribution is -2.50. The van der Waals surface area contributed by atoms with Crippen molar-refractivity contribution in [1.82, 2.24) is 20.2 Å². The average molecular weight is 321 g/mol. The van der Waals surface area contributed by atoms with Crippen LogP contribution in [-0.2, 0) is 0 Å². The number of rotatable bonds is 5. The molecule has 1 fully saturated rings. The molecule has 23 heavy (non-hydrogen) atoms. The largest absolute Gasteiger partial charge is 0.367 e. The van der Waals surface area contributed by atoms with Gasteiger partial charge in [0.1, 0.15) is 17.3 Å². The molecule has 0 unspecified atom stereocenters. The zero-order valence-electron chi connectivity index (χ0n) is 13.7. The quantitative estimate of drug-likeness (QED) is 0.816. The molecule has 0 atom stereocenters. The van der Waals surface area contributed by atoms with Crippen LogP contribution in [0.25, 0.3) is 0 Å². The standard InChI is InChI=1S/C16H24FN5O/c1-4-7-18-15(23)22-8-5-16(17,6-9-22)11-19-14-10-12(2)20-13(3)21-14/h4,10H,1,5-9,11H2,2-3H3,(H,18,23)(H,19,20,21). The molecule has 1 saturated heterocycles. The first kappa shape index (κ1) is 17.2. The van der Waals surface area contributed by atoms with Crippen molar-refractivity contribution in [2.75, 3.05) is 31.5 Å². The topological polar surface area (TPSA) is 70.2 Å². The van der Waals surface area contributed by atoms with Crippen molar-refractivity contribution in [3.8, 4) is 0 Å². The number of nitrogens with one attached hydrogen (secondary N) is 2. The molecule has 126 valence electrons. The molecule has 0 radical (unpaired) electrons. The summed E-state index contributed by atoms with van der Waals surface area (Å²) in [5.74, 6) is 1.30. The van der Waals surface area contributed by atoms with E-state index in [4.69, 9.17) is 0 Å². The van der Waals surface area contributed by atoms with Crippen molar-refractivity contribution in [2.45, 2.75) is 32.4 Å². The summed E-state index contributed by atoms with van der Waals surface area (Å²) in [4.78, 5) is 21.9. The number of alkyl halides is 1. The van der Waals surface area contributed by atoms with Crippen molar-refractivity contribution in [3.63, 3.8) is 0 Å². The minimum atomic E-state index is -1.33. The van der Waals surface area contributed by atoms with E-state index in [9.17, 15) is 9.18 Å². The fourth-order valence-corrected chi connectivity index (χ4v) is 2.62. The lowest BCUT2D eigenvalue weighted by molar-refractivity contribution is 0.0821. The van der Waals surface area contributed by atoms with Gasteiger partial charge in [-0.25, -0.2) is 19.2 Å². The fourth-order valence-electron chi connectivity index (χ4n) is 2.62. The number of anilines is 1. The minimum Gasteiger partial charge on any atom is -0.367 e. The predicted molar refractivity (Wildman–Crippen MR) is 88.2 cm³/mol. The van der Waals surface area contributed by atoms with Crippen LogP contribution in [0.3, 0.4) is 0 Å². The molecule has 0 spiro atoms. The molecule has 2 heterocycles. The summed E-state index contributed by atoms with van der Waals surface area (Å²) in [6.07, 6.45) is 2.24. The molecular weight excluding hydrogens is 297 g/mol. The number of aryl methyl sites for hydroxylation is 2. The van der Waals surface area contributed by atoms with Crippen LogP contribution in [0.1, 0.15) is 24.4 Å². The maximum atomic E-state index is 14.9. The zero-order valence-corrected chi connectivity index (χ0v) is 13.7. The van der Waals surface area contributed by atoms with Gasteiger partial charge in [-0.1, -0.05) is 6.08 Å². The third-order valence-corrected chi connectivity index (χ3v) is 3.90. The highest BCUT2D eigenvalue weighted by molar-refractivity contribution is 5.74. The normalized spacial score (nSPS) is 16.7. The highest BCUT2D eigenvalue weighted by Gasteiger charge is 2.35. The van der Waals surface area contributed by atoms with Crippen molar-refractivity contribution < 1.29 is 9.18 Å². The molecule has 1 aromatic rings. The summed E-state index contributed by atoms with van der Waals surface area (Å²) in [6, 6.07) is 1.63. The predicted octanol–water partition coefficient (Wildman–Crippen LogP) is 2.21. The summed E-state index contributed by atoms with van der Waals surface area (Å²) in [6.45, 7) is 8.66. The van der Waals surface area contributed by atoms with Crippen LogP contribution in [0.2, 0.25) is 0 Å². The molecule has 2 amide bonds. The van der Waals surface area contributed by atoms with Crippen LogP contribution in [-0.4, -0.2) is 52.7 Å². The molecule has 6 nitrogen and oxygen atoms in total. The smallest absolute Gasteiger partial charge is 0.317 e. The maximum Gasteiger partial charge on any atom is 0.317 e. The van der Waals surface area contributed by atoms with Crippen LogP contribution in [0.15, 0.2) is 18.7 Å². The van der Waals surface area contributed by atoms with Gasteiger partial charge < -0.3 is 15.5 Å². The van der Waals surface area contributed by atoms with E-state index >= 15 is 0 Å². The van der Waals surface area contributed by atoms with E-state index in [-0.39, 0.29) is 12.6 Å². The second-order valence-electron chi connectivity index (χ2n) is 5.91. The maximum absolute atomic E-state index is 14.9. The van der Waals surface area contributed by atoms with E-state index in [0.29, 0.717) is 44.1 Å². The summed E-state index contributed by atoms with van der Waals surface area (Å²) in [5.41, 5.74) is -0.483. The minimum absolute atomic E-state index is 0.165. The van der Waals surface area contributed by atoms with E-state index in [1.54, 1.807) is 17.0 Å². The van der Waals surface area contributed by atoms with Gasteiger partial charge >= 0.3 is 6.03 Å². The van der Waals surface area contributed by atoms with Gasteiger partial charge in [0.15, 0.2) is 0 Å². The van der Waals surface area contributed by atoms with Gasteiger partial charge in [0, 0.05) is 44.2 Å². The second kappa shape index (κ2) is 7.39. The Morgan fingerprint density at radius 1 is 1.43 bits per heavy atom. The molecule has 0 saturated carbocycles. The van der Waals surface area contributed by atoms with Gasteiger partial charge in [0.25, 0.3) is 0 Å². The van der Waals surface area contributed by atoms with Crippen LogP contribution in [0.5, 0.6) is 0 Å². The first-order valence-corrected chi connectivity index (χ1v) is 7.81. The van der Waals surface area contributed by atoms with Gasteiger partial charge in [0.2, 0.25) is 0 Å². The molecule has 7 heteroatoms. The third-order valence-electron chi connectivity index (χ3n) is 3.90. The molecule has 0 aliphatic carbocycles. The number of piperidine rings is 1. The summed E-state index contributed by atoms with van der Waals surface area (Å²) in [5, 5.41) is 5.77. The number of aromatic nitrogens is 2. The van der Waals surface area contributed by atoms with Gasteiger partial charge in [-0.2, -0.15) is 0 Å². The Morgan fingerprint density at radius 2 is 2.13 bits per heavy atom. The van der Waals surface area contributed by atoms with E-state index < -0.39 is 5.67 Å². The van der Waals surface area contributed by atoms with Crippen molar-refractivity contribution in [3.05, 3.63) is 30.2 Å². The number of urea groups is 1. The number of likely N-dealkylation sites (tertiary alicyclic amines) is 1. The lowest BCUT2D eigenvalue weighted by Gasteiger charge is -2.36. The molecule has 0 aromatic carbocycles. The number of hydrogen-bond acceptors (Lipinski definition) is 4. The Bertz CT molecular complexity index is 549. The van der Waals surface area contributed by atoms with Crippen molar-refractivity contribution in [2.24, 2.45) is 0 Å². The molecule has 2 rings (SSSR count). The van der Waals surface area contributed by atoms with Crippen LogP contribution in [0.4, 0.5) is 15.0 Å². The van der Waals surface area contributed by atoms with Crippen molar-refractivity contribution >= 4 is 11.8 Å². The number of carbonyl (C=O) groups excluding carboxylic acids is 1. The molecule has 1 aliphatic heterocycles. The highest BCUT2D eigenvalue weighted by atomic mass is 19.1. The molecule has 1 aliphatic rings. The average Bonchev–Trinajstić information content (AvgIpc) is 2.51. The van der Waals surface area contributed by atoms with Gasteiger partial charge in [0.05, 0.1) is 6.54 Å². The van der Waals surface area contributed by atoms with E-state index in [1.807, 2.05) is 13.8 Å². The van der Waals surface area contributed by atoms with E-state index in [1.165, 1.54) is 0 Å². The highest BCUT2D eigenvalue weighted by Crippen LogP contribution is 2.27. The number of carbonyl (C=O) groups is 1. The summed E-state index contributed by atoms with van der Waals surface area (Å²) in [7, 11) is 0. The Morgan fingerprint density at radius 3 is 2.74 bits per heavy atom. The lowest BCUT2D eigenvalue weighted by atomic mass is 9.93. The molecule has 1 aromatic heterocycles.